The summed E-state index contributed by atoms with van der Waals surface area (Å²) >= 11 is 0. The average Bonchev–Trinajstić information content (AvgIpc) is 2.77. The molecule has 7 heteroatoms. The van der Waals surface area contributed by atoms with E-state index in [1.165, 1.54) is 7.11 Å². The van der Waals surface area contributed by atoms with E-state index in [-0.39, 0.29) is 11.7 Å². The van der Waals surface area contributed by atoms with Crippen molar-refractivity contribution >= 4 is 11.8 Å². The minimum atomic E-state index is -0.134. The summed E-state index contributed by atoms with van der Waals surface area (Å²) < 4.78 is 4.70. The number of hydrogen-bond donors (Lipinski definition) is 2. The number of benzene rings is 1. The minimum absolute atomic E-state index is 0.134. The third-order valence-electron chi connectivity index (χ3n) is 6.12. The van der Waals surface area contributed by atoms with Gasteiger partial charge in [-0.2, -0.15) is 0 Å². The van der Waals surface area contributed by atoms with E-state index in [1.54, 1.807) is 0 Å². The average molecular weight is 441 g/mol. The van der Waals surface area contributed by atoms with E-state index < -0.39 is 0 Å². The lowest BCUT2D eigenvalue weighted by atomic mass is 9.98. The van der Waals surface area contributed by atoms with Crippen LogP contribution in [-0.2, 0) is 9.53 Å². The number of aromatic nitrogens is 2. The normalized spacial score (nSPS) is 16.8. The number of phenols is 1. The molecule has 1 unspecified atom stereocenters. The standard InChI is InChI=1S/C25H36N4O3/c1-17(2)19-10-11-21(22(30)15-19)25-18(3)14-23(27-28-25)26-20-8-7-13-29(16-20)12-6-5-9-24(31)32-4/h10-11,14-15,17,20,30H,5-9,12-13,16H2,1-4H3,(H,26,27). The fourth-order valence-electron chi connectivity index (χ4n) is 4.22. The summed E-state index contributed by atoms with van der Waals surface area (Å²) in [6.07, 6.45) is 4.57. The fraction of sp³-hybridized carbons (Fsp3) is 0.560. The summed E-state index contributed by atoms with van der Waals surface area (Å²) in [6.45, 7) is 9.25. The van der Waals surface area contributed by atoms with Gasteiger partial charge >= 0.3 is 5.97 Å². The molecule has 3 rings (SSSR count). The van der Waals surface area contributed by atoms with Crippen molar-refractivity contribution in [2.75, 3.05) is 32.1 Å². The Labute approximate surface area is 191 Å². The molecule has 1 saturated heterocycles. The molecule has 0 saturated carbocycles. The molecule has 2 aromatic rings. The highest BCUT2D eigenvalue weighted by Crippen LogP contribution is 2.33. The number of aryl methyl sites for hydroxylation is 1. The molecule has 0 amide bonds. The van der Waals surface area contributed by atoms with Gasteiger partial charge in [-0.15, -0.1) is 10.2 Å². The van der Waals surface area contributed by atoms with Crippen molar-refractivity contribution in [2.24, 2.45) is 0 Å². The molecule has 7 nitrogen and oxygen atoms in total. The van der Waals surface area contributed by atoms with Gasteiger partial charge in [0.25, 0.3) is 0 Å². The Balaban J connectivity index is 1.58. The maximum atomic E-state index is 11.2. The first kappa shape index (κ1) is 24.0. The molecule has 1 atom stereocenters. The van der Waals surface area contributed by atoms with Crippen molar-refractivity contribution in [3.63, 3.8) is 0 Å². The zero-order valence-corrected chi connectivity index (χ0v) is 19.7. The molecular weight excluding hydrogens is 404 g/mol. The second-order valence-corrected chi connectivity index (χ2v) is 9.01. The first-order valence-electron chi connectivity index (χ1n) is 11.6. The van der Waals surface area contributed by atoms with E-state index in [4.69, 9.17) is 4.74 Å². The second kappa shape index (κ2) is 11.3. The molecule has 1 aliphatic rings. The number of ether oxygens (including phenoxy) is 1. The number of anilines is 1. The van der Waals surface area contributed by atoms with Crippen LogP contribution in [0.2, 0.25) is 0 Å². The maximum absolute atomic E-state index is 11.2. The number of unbranched alkanes of at least 4 members (excludes halogenated alkanes) is 1. The van der Waals surface area contributed by atoms with Crippen LogP contribution in [-0.4, -0.2) is 59.0 Å². The highest BCUT2D eigenvalue weighted by Gasteiger charge is 2.20. The van der Waals surface area contributed by atoms with Crippen LogP contribution in [0, 0.1) is 6.92 Å². The van der Waals surface area contributed by atoms with E-state index >= 15 is 0 Å². The summed E-state index contributed by atoms with van der Waals surface area (Å²) in [5, 5.41) is 22.9. The summed E-state index contributed by atoms with van der Waals surface area (Å²) in [7, 11) is 1.44. The van der Waals surface area contributed by atoms with Crippen LogP contribution < -0.4 is 5.32 Å². The molecule has 174 valence electrons. The molecule has 0 aliphatic carbocycles. The molecule has 1 aromatic heterocycles. The number of carbonyl (C=O) groups is 1. The molecular formula is C25H36N4O3. The maximum Gasteiger partial charge on any atom is 0.305 e. The fourth-order valence-corrected chi connectivity index (χ4v) is 4.22. The number of rotatable bonds is 9. The molecule has 0 bridgehead atoms. The van der Waals surface area contributed by atoms with Crippen LogP contribution in [0.3, 0.4) is 0 Å². The molecule has 1 aromatic carbocycles. The summed E-state index contributed by atoms with van der Waals surface area (Å²) in [5.74, 6) is 1.23. The van der Waals surface area contributed by atoms with Gasteiger partial charge in [-0.25, -0.2) is 0 Å². The molecule has 0 spiro atoms. The Bertz CT molecular complexity index is 916. The second-order valence-electron chi connectivity index (χ2n) is 9.01. The van der Waals surface area contributed by atoms with Crippen molar-refractivity contribution in [2.45, 2.75) is 64.8 Å². The monoisotopic (exact) mass is 440 g/mol. The van der Waals surface area contributed by atoms with Gasteiger partial charge in [-0.05, 0) is 80.9 Å². The number of piperidine rings is 1. The van der Waals surface area contributed by atoms with Crippen LogP contribution in [0.15, 0.2) is 24.3 Å². The van der Waals surface area contributed by atoms with Crippen molar-refractivity contribution in [1.29, 1.82) is 0 Å². The Hall–Kier alpha value is -2.67. The predicted molar refractivity (Wildman–Crippen MR) is 127 cm³/mol. The number of hydrogen-bond acceptors (Lipinski definition) is 7. The molecule has 32 heavy (non-hydrogen) atoms. The number of likely N-dealkylation sites (tertiary alicyclic amines) is 1. The third kappa shape index (κ3) is 6.42. The van der Waals surface area contributed by atoms with E-state index in [1.807, 2.05) is 31.2 Å². The van der Waals surface area contributed by atoms with Gasteiger partial charge in [0.2, 0.25) is 0 Å². The van der Waals surface area contributed by atoms with Gasteiger partial charge in [0.05, 0.1) is 12.8 Å². The minimum Gasteiger partial charge on any atom is -0.507 e. The summed E-state index contributed by atoms with van der Waals surface area (Å²) in [4.78, 5) is 13.7. The van der Waals surface area contributed by atoms with Crippen LogP contribution >= 0.6 is 0 Å². The van der Waals surface area contributed by atoms with E-state index in [9.17, 15) is 9.90 Å². The smallest absolute Gasteiger partial charge is 0.305 e. The molecule has 1 fully saturated rings. The van der Waals surface area contributed by atoms with Gasteiger partial charge in [0, 0.05) is 24.6 Å². The number of methoxy groups -OCH3 is 1. The molecule has 0 radical (unpaired) electrons. The lowest BCUT2D eigenvalue weighted by Gasteiger charge is -2.33. The zero-order chi connectivity index (χ0) is 23.1. The number of nitrogens with one attached hydrogen (secondary N) is 1. The van der Waals surface area contributed by atoms with Crippen LogP contribution in [0.1, 0.15) is 63.0 Å². The quantitative estimate of drug-likeness (QED) is 0.438. The van der Waals surface area contributed by atoms with Crippen molar-refractivity contribution in [1.82, 2.24) is 15.1 Å². The van der Waals surface area contributed by atoms with Gasteiger partial charge in [-0.1, -0.05) is 19.9 Å². The zero-order valence-electron chi connectivity index (χ0n) is 19.7. The van der Waals surface area contributed by atoms with E-state index in [2.05, 4.69) is 34.3 Å². The largest absolute Gasteiger partial charge is 0.507 e. The van der Waals surface area contributed by atoms with Crippen LogP contribution in [0.5, 0.6) is 5.75 Å². The van der Waals surface area contributed by atoms with Crippen LogP contribution in [0.4, 0.5) is 5.82 Å². The van der Waals surface area contributed by atoms with Crippen molar-refractivity contribution < 1.29 is 14.6 Å². The number of aromatic hydroxyl groups is 1. The number of nitrogens with zero attached hydrogens (tertiary/aromatic N) is 3. The van der Waals surface area contributed by atoms with Crippen molar-refractivity contribution in [3.05, 3.63) is 35.4 Å². The number of esters is 1. The van der Waals surface area contributed by atoms with E-state index in [0.29, 0.717) is 29.6 Å². The van der Waals surface area contributed by atoms with Gasteiger partial charge in [-0.3, -0.25) is 4.79 Å². The lowest BCUT2D eigenvalue weighted by molar-refractivity contribution is -0.140. The molecule has 1 aliphatic heterocycles. The van der Waals surface area contributed by atoms with Gasteiger partial charge in [0.15, 0.2) is 0 Å². The molecule has 2 N–H and O–H groups in total. The topological polar surface area (TPSA) is 87.6 Å². The van der Waals surface area contributed by atoms with Crippen LogP contribution in [0.25, 0.3) is 11.3 Å². The van der Waals surface area contributed by atoms with Gasteiger partial charge < -0.3 is 20.1 Å². The Morgan fingerprint density at radius 1 is 1.28 bits per heavy atom. The third-order valence-corrected chi connectivity index (χ3v) is 6.12. The summed E-state index contributed by atoms with van der Waals surface area (Å²) in [6, 6.07) is 8.10. The van der Waals surface area contributed by atoms with E-state index in [0.717, 1.165) is 62.3 Å². The van der Waals surface area contributed by atoms with Crippen molar-refractivity contribution in [3.8, 4) is 17.0 Å². The first-order valence-corrected chi connectivity index (χ1v) is 11.6. The Morgan fingerprint density at radius 2 is 2.09 bits per heavy atom. The number of carbonyl (C=O) groups excluding carboxylic acids is 1. The predicted octanol–water partition coefficient (Wildman–Crippen LogP) is 4.50. The highest BCUT2D eigenvalue weighted by atomic mass is 16.5. The summed E-state index contributed by atoms with van der Waals surface area (Å²) in [5.41, 5.74) is 3.49. The Kier molecular flexibility index (Phi) is 8.45. The highest BCUT2D eigenvalue weighted by molar-refractivity contribution is 5.70. The molecule has 2 heterocycles. The Morgan fingerprint density at radius 3 is 2.78 bits per heavy atom. The lowest BCUT2D eigenvalue weighted by Crippen LogP contribution is -2.42. The van der Waals surface area contributed by atoms with Gasteiger partial charge in [0.1, 0.15) is 11.6 Å². The first-order chi connectivity index (χ1) is 15.4. The number of phenolic OH excluding ortho intramolecular Hbond substituents is 1. The SMILES string of the molecule is COC(=O)CCCCN1CCCC(Nc2cc(C)c(-c3ccc(C(C)C)cc3O)nn2)C1.